The summed E-state index contributed by atoms with van der Waals surface area (Å²) < 4.78 is 0. The molecule has 0 bridgehead atoms. The minimum absolute atomic E-state index is 0.231. The van der Waals surface area contributed by atoms with Crippen LogP contribution in [0.2, 0.25) is 0 Å². The lowest BCUT2D eigenvalue weighted by atomic mass is 10.4. The standard InChI is InChI=1S/C4H8O2/c1-3(2)4(5)6/h3H,1-2H3,(H,5,6)/i4+1. The maximum atomic E-state index is 9.70. The van der Waals surface area contributed by atoms with Gasteiger partial charge in [-0.05, 0) is 0 Å². The molecule has 0 unspecified atom stereocenters. The first-order valence-electron chi connectivity index (χ1n) is 1.87. The minimum atomic E-state index is -0.741. The van der Waals surface area contributed by atoms with Gasteiger partial charge in [0.15, 0.2) is 0 Å². The zero-order valence-electron chi connectivity index (χ0n) is 3.93. The third-order valence-electron chi connectivity index (χ3n) is 0.494. The summed E-state index contributed by atoms with van der Waals surface area (Å²) in [7, 11) is 0. The summed E-state index contributed by atoms with van der Waals surface area (Å²) in [6.07, 6.45) is 0. The van der Waals surface area contributed by atoms with Gasteiger partial charge in [0.25, 0.3) is 0 Å². The van der Waals surface area contributed by atoms with Gasteiger partial charge in [0.2, 0.25) is 0 Å². The van der Waals surface area contributed by atoms with Gasteiger partial charge in [0.05, 0.1) is 5.92 Å². The third-order valence-corrected chi connectivity index (χ3v) is 0.494. The van der Waals surface area contributed by atoms with Crippen LogP contribution in [0.1, 0.15) is 13.8 Å². The zero-order valence-corrected chi connectivity index (χ0v) is 3.93. The Balaban J connectivity index is 3.26. The minimum Gasteiger partial charge on any atom is -0.481 e. The third kappa shape index (κ3) is 1.76. The SMILES string of the molecule is CC(C)[13C](=O)O. The molecule has 6 heavy (non-hydrogen) atoms. The lowest BCUT2D eigenvalue weighted by Crippen LogP contribution is -2.03. The van der Waals surface area contributed by atoms with Gasteiger partial charge in [-0.15, -0.1) is 0 Å². The molecule has 0 atom stereocenters. The summed E-state index contributed by atoms with van der Waals surface area (Å²) in [4.78, 5) is 9.70. The van der Waals surface area contributed by atoms with Crippen molar-refractivity contribution in [3.8, 4) is 0 Å². The van der Waals surface area contributed by atoms with Crippen molar-refractivity contribution in [1.29, 1.82) is 0 Å². The Morgan fingerprint density at radius 1 is 1.67 bits per heavy atom. The van der Waals surface area contributed by atoms with Crippen LogP contribution in [-0.2, 0) is 4.79 Å². The van der Waals surface area contributed by atoms with Gasteiger partial charge in [0, 0.05) is 0 Å². The van der Waals surface area contributed by atoms with Gasteiger partial charge in [-0.3, -0.25) is 4.79 Å². The van der Waals surface area contributed by atoms with Crippen LogP contribution in [0.3, 0.4) is 0 Å². The second-order valence-electron chi connectivity index (χ2n) is 1.49. The summed E-state index contributed by atoms with van der Waals surface area (Å²) in [5.41, 5.74) is 0. The van der Waals surface area contributed by atoms with Crippen molar-refractivity contribution >= 4 is 5.97 Å². The van der Waals surface area contributed by atoms with E-state index >= 15 is 0 Å². The van der Waals surface area contributed by atoms with Crippen molar-refractivity contribution in [2.45, 2.75) is 13.8 Å². The molecule has 0 aromatic heterocycles. The Labute approximate surface area is 36.8 Å². The average molecular weight is 89.1 g/mol. The molecule has 0 aliphatic carbocycles. The summed E-state index contributed by atoms with van der Waals surface area (Å²) in [6, 6.07) is 0. The van der Waals surface area contributed by atoms with Crippen LogP contribution >= 0.6 is 0 Å². The molecule has 0 rings (SSSR count). The van der Waals surface area contributed by atoms with Crippen LogP contribution in [0, 0.1) is 5.92 Å². The first-order valence-corrected chi connectivity index (χ1v) is 1.87. The molecule has 0 saturated carbocycles. The fraction of sp³-hybridized carbons (Fsp3) is 0.750. The molecule has 0 aliphatic rings. The predicted octanol–water partition coefficient (Wildman–Crippen LogP) is 0.727. The highest BCUT2D eigenvalue weighted by Crippen LogP contribution is 1.87. The molecule has 0 aliphatic heterocycles. The van der Waals surface area contributed by atoms with E-state index in [1.54, 1.807) is 13.8 Å². The van der Waals surface area contributed by atoms with Crippen LogP contribution in [0.25, 0.3) is 0 Å². The summed E-state index contributed by atoms with van der Waals surface area (Å²) >= 11 is 0. The van der Waals surface area contributed by atoms with Crippen molar-refractivity contribution < 1.29 is 9.90 Å². The van der Waals surface area contributed by atoms with Crippen molar-refractivity contribution in [2.24, 2.45) is 5.92 Å². The molecular formula is C4H8O2. The highest BCUT2D eigenvalue weighted by atomic mass is 16.5. The van der Waals surface area contributed by atoms with Gasteiger partial charge in [-0.2, -0.15) is 0 Å². The second kappa shape index (κ2) is 1.80. The molecule has 0 radical (unpaired) electrons. The first kappa shape index (κ1) is 5.47. The van der Waals surface area contributed by atoms with Crippen LogP contribution in [0.4, 0.5) is 0 Å². The van der Waals surface area contributed by atoms with Gasteiger partial charge in [-0.1, -0.05) is 13.8 Å². The number of carboxylic acid groups (broad SMARTS) is 1. The highest BCUT2D eigenvalue weighted by Gasteiger charge is 1.99. The van der Waals surface area contributed by atoms with Crippen molar-refractivity contribution in [1.82, 2.24) is 0 Å². The van der Waals surface area contributed by atoms with Crippen molar-refractivity contribution in [3.63, 3.8) is 0 Å². The van der Waals surface area contributed by atoms with E-state index in [4.69, 9.17) is 5.11 Å². The number of aliphatic carboxylic acids is 1. The van der Waals surface area contributed by atoms with E-state index < -0.39 is 5.97 Å². The van der Waals surface area contributed by atoms with E-state index in [2.05, 4.69) is 0 Å². The fourth-order valence-corrected chi connectivity index (χ4v) is 0. The normalized spacial score (nSPS) is 9.17. The highest BCUT2D eigenvalue weighted by molar-refractivity contribution is 5.68. The molecule has 0 saturated heterocycles. The summed E-state index contributed by atoms with van der Waals surface area (Å²) in [5.74, 6) is -0.972. The smallest absolute Gasteiger partial charge is 0.305 e. The number of rotatable bonds is 1. The maximum absolute atomic E-state index is 9.70. The Hall–Kier alpha value is -0.530. The predicted molar refractivity (Wildman–Crippen MR) is 22.5 cm³/mol. The van der Waals surface area contributed by atoms with E-state index in [-0.39, 0.29) is 5.92 Å². The fourth-order valence-electron chi connectivity index (χ4n) is 0. The van der Waals surface area contributed by atoms with Crippen molar-refractivity contribution in [3.05, 3.63) is 0 Å². The molecule has 1 N–H and O–H groups in total. The Morgan fingerprint density at radius 3 is 1.83 bits per heavy atom. The Morgan fingerprint density at radius 2 is 1.83 bits per heavy atom. The van der Waals surface area contributed by atoms with E-state index in [1.165, 1.54) is 0 Å². The van der Waals surface area contributed by atoms with Crippen LogP contribution in [0.5, 0.6) is 0 Å². The van der Waals surface area contributed by atoms with Crippen LogP contribution in [0.15, 0.2) is 0 Å². The number of carbonyl (C=O) groups is 1. The molecule has 2 heteroatoms. The van der Waals surface area contributed by atoms with Gasteiger partial charge >= 0.3 is 5.97 Å². The monoisotopic (exact) mass is 89.1 g/mol. The number of hydrogen-bond acceptors (Lipinski definition) is 1. The van der Waals surface area contributed by atoms with Crippen LogP contribution < -0.4 is 0 Å². The molecule has 2 nitrogen and oxygen atoms in total. The Kier molecular flexibility index (Phi) is 1.64. The van der Waals surface area contributed by atoms with Crippen LogP contribution in [-0.4, -0.2) is 11.1 Å². The van der Waals surface area contributed by atoms with Gasteiger partial charge < -0.3 is 5.11 Å². The largest absolute Gasteiger partial charge is 0.481 e. The molecular weight excluding hydrogens is 81.0 g/mol. The van der Waals surface area contributed by atoms with E-state index in [9.17, 15) is 4.79 Å². The van der Waals surface area contributed by atoms with E-state index in [0.29, 0.717) is 0 Å². The molecule has 0 spiro atoms. The first-order chi connectivity index (χ1) is 2.64. The molecule has 0 amide bonds. The molecule has 36 valence electrons. The van der Waals surface area contributed by atoms with E-state index in [1.807, 2.05) is 0 Å². The average Bonchev–Trinajstić information content (AvgIpc) is 1.36. The van der Waals surface area contributed by atoms with Crippen molar-refractivity contribution in [2.75, 3.05) is 0 Å². The summed E-state index contributed by atoms with van der Waals surface area (Å²) in [6.45, 7) is 3.28. The van der Waals surface area contributed by atoms with E-state index in [0.717, 1.165) is 0 Å². The number of carboxylic acids is 1. The lowest BCUT2D eigenvalue weighted by Gasteiger charge is -1.89. The number of hydrogen-bond donors (Lipinski definition) is 1. The topological polar surface area (TPSA) is 37.3 Å². The van der Waals surface area contributed by atoms with Gasteiger partial charge in [-0.25, -0.2) is 0 Å². The molecule has 0 heterocycles. The Bertz CT molecular complexity index is 56.6. The zero-order chi connectivity index (χ0) is 5.15. The van der Waals surface area contributed by atoms with Gasteiger partial charge in [0.1, 0.15) is 0 Å². The molecule has 0 aromatic carbocycles. The maximum Gasteiger partial charge on any atom is 0.305 e. The quantitative estimate of drug-likeness (QED) is 0.481. The lowest BCUT2D eigenvalue weighted by molar-refractivity contribution is -0.140. The molecule has 0 aromatic rings. The second-order valence-corrected chi connectivity index (χ2v) is 1.49. The summed E-state index contributed by atoms with van der Waals surface area (Å²) in [5, 5.41) is 7.99. The molecule has 0 fully saturated rings.